The molecule has 0 aliphatic rings. The average molecular weight is 340 g/mol. The van der Waals surface area contributed by atoms with E-state index in [4.69, 9.17) is 0 Å². The summed E-state index contributed by atoms with van der Waals surface area (Å²) in [5.41, 5.74) is 1.12. The molecule has 0 spiro atoms. The molecular weight excluding hydrogens is 325 g/mol. The van der Waals surface area contributed by atoms with Crippen molar-refractivity contribution in [2.24, 2.45) is 0 Å². The maximum absolute atomic E-state index is 11.9. The van der Waals surface area contributed by atoms with Crippen molar-refractivity contribution in [2.75, 3.05) is 29.5 Å². The van der Waals surface area contributed by atoms with Crippen molar-refractivity contribution in [1.29, 1.82) is 0 Å². The molecule has 0 aliphatic carbocycles. The molecule has 1 aromatic carbocycles. The number of alkyl halides is 3. The van der Waals surface area contributed by atoms with E-state index in [9.17, 15) is 26.4 Å². The van der Waals surface area contributed by atoms with E-state index in [0.717, 1.165) is 6.26 Å². The minimum absolute atomic E-state index is 0.234. The maximum Gasteiger partial charge on any atom is 0.411 e. The van der Waals surface area contributed by atoms with Crippen LogP contribution < -0.4 is 10.0 Å². The first-order valence-electron chi connectivity index (χ1n) is 5.99. The molecule has 0 bridgehead atoms. The number of hydrogen-bond acceptors (Lipinski definition) is 4. The third-order valence-electron chi connectivity index (χ3n) is 2.32. The van der Waals surface area contributed by atoms with E-state index in [0.29, 0.717) is 5.56 Å². The predicted molar refractivity (Wildman–Crippen MR) is 75.1 cm³/mol. The first-order valence-corrected chi connectivity index (χ1v) is 7.88. The number of ether oxygens (including phenoxy) is 1. The summed E-state index contributed by atoms with van der Waals surface area (Å²) in [5.74, 6) is -0.779. The maximum atomic E-state index is 11.9. The number of carbonyl (C=O) groups excluding carboxylic acids is 1. The second-order valence-corrected chi connectivity index (χ2v) is 6.31. The van der Waals surface area contributed by atoms with E-state index in [1.165, 1.54) is 12.1 Å². The fourth-order valence-electron chi connectivity index (χ4n) is 1.47. The highest BCUT2D eigenvalue weighted by Gasteiger charge is 2.27. The van der Waals surface area contributed by atoms with Gasteiger partial charge in [0.1, 0.15) is 13.2 Å². The number of hydrogen-bond donors (Lipinski definition) is 2. The molecule has 0 saturated carbocycles. The largest absolute Gasteiger partial charge is 0.411 e. The fourth-order valence-corrected chi connectivity index (χ4v) is 2.09. The molecule has 0 heterocycles. The van der Waals surface area contributed by atoms with E-state index >= 15 is 0 Å². The van der Waals surface area contributed by atoms with Crippen LogP contribution >= 0.6 is 0 Å². The molecule has 1 rings (SSSR count). The van der Waals surface area contributed by atoms with Gasteiger partial charge in [-0.3, -0.25) is 9.52 Å². The molecule has 0 radical (unpaired) electrons. The molecule has 124 valence electrons. The topological polar surface area (TPSA) is 84.5 Å². The van der Waals surface area contributed by atoms with E-state index in [1.54, 1.807) is 13.0 Å². The van der Waals surface area contributed by atoms with Gasteiger partial charge in [0, 0.05) is 5.69 Å². The van der Waals surface area contributed by atoms with Gasteiger partial charge in [-0.05, 0) is 24.6 Å². The quantitative estimate of drug-likeness (QED) is 0.828. The van der Waals surface area contributed by atoms with Crippen LogP contribution in [0.1, 0.15) is 5.56 Å². The van der Waals surface area contributed by atoms with E-state index in [-0.39, 0.29) is 11.4 Å². The highest BCUT2D eigenvalue weighted by atomic mass is 32.2. The minimum Gasteiger partial charge on any atom is -0.362 e. The molecule has 2 N–H and O–H groups in total. The lowest BCUT2D eigenvalue weighted by molar-refractivity contribution is -0.174. The van der Waals surface area contributed by atoms with Gasteiger partial charge >= 0.3 is 6.18 Å². The third kappa shape index (κ3) is 7.27. The molecule has 10 heteroatoms. The second-order valence-electron chi connectivity index (χ2n) is 4.56. The molecular formula is C12H15F3N2O4S. The number of benzene rings is 1. The number of halogens is 3. The van der Waals surface area contributed by atoms with Gasteiger partial charge in [0.05, 0.1) is 11.9 Å². The van der Waals surface area contributed by atoms with Gasteiger partial charge in [0.15, 0.2) is 0 Å². The lowest BCUT2D eigenvalue weighted by atomic mass is 10.2. The zero-order valence-corrected chi connectivity index (χ0v) is 12.6. The Kier molecular flexibility index (Phi) is 5.78. The van der Waals surface area contributed by atoms with Gasteiger partial charge in [0.25, 0.3) is 0 Å². The molecule has 1 aromatic rings. The zero-order valence-electron chi connectivity index (χ0n) is 11.8. The average Bonchev–Trinajstić information content (AvgIpc) is 2.30. The molecule has 0 unspecified atom stereocenters. The Balaban J connectivity index is 2.66. The third-order valence-corrected chi connectivity index (χ3v) is 2.91. The molecule has 0 saturated heterocycles. The minimum atomic E-state index is -4.50. The lowest BCUT2D eigenvalue weighted by Gasteiger charge is -2.11. The van der Waals surface area contributed by atoms with Crippen molar-refractivity contribution >= 4 is 27.3 Å². The highest BCUT2D eigenvalue weighted by molar-refractivity contribution is 7.92. The number of carbonyl (C=O) groups is 1. The number of nitrogens with one attached hydrogen (secondary N) is 2. The van der Waals surface area contributed by atoms with Crippen LogP contribution in [0, 0.1) is 6.92 Å². The van der Waals surface area contributed by atoms with E-state index in [2.05, 4.69) is 14.8 Å². The van der Waals surface area contributed by atoms with Gasteiger partial charge in [0.2, 0.25) is 15.9 Å². The van der Waals surface area contributed by atoms with Gasteiger partial charge in [-0.1, -0.05) is 6.07 Å². The summed E-state index contributed by atoms with van der Waals surface area (Å²) in [6.07, 6.45) is -3.53. The van der Waals surface area contributed by atoms with Crippen LogP contribution in [0.2, 0.25) is 0 Å². The Morgan fingerprint density at radius 3 is 2.50 bits per heavy atom. The van der Waals surface area contributed by atoms with Crippen molar-refractivity contribution in [2.45, 2.75) is 13.1 Å². The molecule has 0 fully saturated rings. The van der Waals surface area contributed by atoms with Gasteiger partial charge < -0.3 is 10.1 Å². The smallest absolute Gasteiger partial charge is 0.362 e. The highest BCUT2D eigenvalue weighted by Crippen LogP contribution is 2.21. The van der Waals surface area contributed by atoms with Gasteiger partial charge in [-0.2, -0.15) is 13.2 Å². The molecule has 0 atom stereocenters. The molecule has 1 amide bonds. The Labute approximate surface area is 125 Å². The normalized spacial score (nSPS) is 12.0. The number of anilines is 2. The van der Waals surface area contributed by atoms with Crippen molar-refractivity contribution in [3.8, 4) is 0 Å². The molecule has 6 nitrogen and oxygen atoms in total. The first kappa shape index (κ1) is 18.2. The summed E-state index contributed by atoms with van der Waals surface area (Å²) in [4.78, 5) is 11.4. The zero-order chi connectivity index (χ0) is 17.0. The monoisotopic (exact) mass is 340 g/mol. The Bertz CT molecular complexity index is 644. The number of aryl methyl sites for hydroxylation is 1. The van der Waals surface area contributed by atoms with Crippen LogP contribution in [0.4, 0.5) is 24.5 Å². The van der Waals surface area contributed by atoms with Gasteiger partial charge in [-0.25, -0.2) is 8.42 Å². The summed E-state index contributed by atoms with van der Waals surface area (Å²) in [7, 11) is -3.49. The Morgan fingerprint density at radius 1 is 1.32 bits per heavy atom. The predicted octanol–water partition coefficient (Wildman–Crippen LogP) is 1.88. The molecule has 0 aliphatic heterocycles. The summed E-state index contributed by atoms with van der Waals surface area (Å²) >= 11 is 0. The van der Waals surface area contributed by atoms with Crippen LogP contribution in [0.3, 0.4) is 0 Å². The summed E-state index contributed by atoms with van der Waals surface area (Å²) < 4.78 is 64.5. The van der Waals surface area contributed by atoms with Crippen molar-refractivity contribution in [3.05, 3.63) is 23.8 Å². The Hall–Kier alpha value is -1.81. The molecule has 0 aromatic heterocycles. The SMILES string of the molecule is Cc1ccc(NC(=O)COCC(F)(F)F)cc1NS(C)(=O)=O. The number of amides is 1. The second kappa shape index (κ2) is 6.97. The van der Waals surface area contributed by atoms with E-state index < -0.39 is 35.3 Å². The fraction of sp³-hybridized carbons (Fsp3) is 0.417. The summed E-state index contributed by atoms with van der Waals surface area (Å²) in [6.45, 7) is -0.622. The summed E-state index contributed by atoms with van der Waals surface area (Å²) in [6, 6.07) is 4.40. The van der Waals surface area contributed by atoms with Crippen LogP contribution in [-0.4, -0.2) is 40.0 Å². The van der Waals surface area contributed by atoms with Crippen LogP contribution in [0.15, 0.2) is 18.2 Å². The van der Waals surface area contributed by atoms with Crippen LogP contribution in [-0.2, 0) is 19.6 Å². The summed E-state index contributed by atoms with van der Waals surface area (Å²) in [5, 5.41) is 2.32. The van der Waals surface area contributed by atoms with Crippen molar-refractivity contribution in [3.63, 3.8) is 0 Å². The molecule has 22 heavy (non-hydrogen) atoms. The van der Waals surface area contributed by atoms with E-state index in [1.807, 2.05) is 0 Å². The van der Waals surface area contributed by atoms with Crippen LogP contribution in [0.5, 0.6) is 0 Å². The number of sulfonamides is 1. The van der Waals surface area contributed by atoms with Gasteiger partial charge in [-0.15, -0.1) is 0 Å². The Morgan fingerprint density at radius 2 is 1.95 bits per heavy atom. The number of rotatable bonds is 6. The standard InChI is InChI=1S/C12H15F3N2O4S/c1-8-3-4-9(5-10(8)17-22(2,19)20)16-11(18)6-21-7-12(13,14)15/h3-5,17H,6-7H2,1-2H3,(H,16,18). The van der Waals surface area contributed by atoms with Crippen LogP contribution in [0.25, 0.3) is 0 Å². The van der Waals surface area contributed by atoms with Crippen molar-refractivity contribution < 1.29 is 31.1 Å². The lowest BCUT2D eigenvalue weighted by Crippen LogP contribution is -2.24. The first-order chi connectivity index (χ1) is 9.96. The van der Waals surface area contributed by atoms with Crippen molar-refractivity contribution in [1.82, 2.24) is 0 Å².